The highest BCUT2D eigenvalue weighted by atomic mass is 79.9. The molecule has 5 heteroatoms. The maximum absolute atomic E-state index is 5.87. The average molecular weight is 370 g/mol. The van der Waals surface area contributed by atoms with Crippen LogP contribution in [-0.4, -0.2) is 17.0 Å². The summed E-state index contributed by atoms with van der Waals surface area (Å²) < 4.78 is 10.9. The summed E-state index contributed by atoms with van der Waals surface area (Å²) in [6, 6.07) is 7.48. The van der Waals surface area contributed by atoms with Gasteiger partial charge < -0.3 is 9.47 Å². The number of alkyl halides is 2. The summed E-state index contributed by atoms with van der Waals surface area (Å²) in [5, 5.41) is 0.697. The Morgan fingerprint density at radius 2 is 1.94 bits per heavy atom. The second-order valence-corrected chi connectivity index (χ2v) is 7.84. The fourth-order valence-electron chi connectivity index (χ4n) is 1.88. The van der Waals surface area contributed by atoms with E-state index < -0.39 is 9.02 Å². The number of benzene rings is 1. The molecule has 2 nitrogen and oxygen atoms in total. The van der Waals surface area contributed by atoms with Gasteiger partial charge in [-0.25, -0.2) is 0 Å². The molecule has 0 N–H and O–H groups in total. The predicted octanol–water partition coefficient (Wildman–Crippen LogP) is 4.05. The van der Waals surface area contributed by atoms with Crippen LogP contribution in [0.2, 0.25) is 5.02 Å². The van der Waals surface area contributed by atoms with Crippen molar-refractivity contribution in [3.05, 3.63) is 34.9 Å². The number of methoxy groups -OCH3 is 1. The van der Waals surface area contributed by atoms with Crippen molar-refractivity contribution in [2.75, 3.05) is 13.7 Å². The lowest BCUT2D eigenvalue weighted by atomic mass is 10.0. The lowest BCUT2D eigenvalue weighted by molar-refractivity contribution is -0.201. The van der Waals surface area contributed by atoms with E-state index in [1.54, 1.807) is 7.11 Å². The maximum atomic E-state index is 5.87. The highest BCUT2D eigenvalue weighted by Gasteiger charge is 2.55. The van der Waals surface area contributed by atoms with Crippen LogP contribution < -0.4 is 0 Å². The summed E-state index contributed by atoms with van der Waals surface area (Å²) in [7, 11) is 1.64. The monoisotopic (exact) mass is 368 g/mol. The first-order chi connectivity index (χ1) is 7.52. The second-order valence-electron chi connectivity index (χ2n) is 3.63. The van der Waals surface area contributed by atoms with Crippen LogP contribution in [0.15, 0.2) is 24.3 Å². The Labute approximate surface area is 117 Å². The summed E-state index contributed by atoms with van der Waals surface area (Å²) in [4.78, 5) is 0. The molecular formula is C11H11Br2ClO2. The van der Waals surface area contributed by atoms with Gasteiger partial charge in [0.15, 0.2) is 0 Å². The summed E-state index contributed by atoms with van der Waals surface area (Å²) >= 11 is 13.1. The van der Waals surface area contributed by atoms with Crippen LogP contribution in [0.5, 0.6) is 0 Å². The number of ether oxygens (including phenoxy) is 2. The largest absolute Gasteiger partial charge is 0.347 e. The Bertz CT molecular complexity index is 380. The van der Waals surface area contributed by atoms with Gasteiger partial charge >= 0.3 is 0 Å². The molecule has 1 heterocycles. The molecule has 2 rings (SSSR count). The van der Waals surface area contributed by atoms with Crippen molar-refractivity contribution < 1.29 is 9.47 Å². The third-order valence-electron chi connectivity index (χ3n) is 2.71. The molecule has 0 aliphatic carbocycles. The molecule has 0 spiro atoms. The molecular weight excluding hydrogens is 359 g/mol. The van der Waals surface area contributed by atoms with Gasteiger partial charge in [-0.2, -0.15) is 0 Å². The Hall–Kier alpha value is 0.390. The molecule has 1 aromatic rings. The van der Waals surface area contributed by atoms with Crippen molar-refractivity contribution in [1.29, 1.82) is 0 Å². The number of rotatable bonds is 2. The Kier molecular flexibility index (Phi) is 3.67. The van der Waals surface area contributed by atoms with Crippen molar-refractivity contribution in [2.24, 2.45) is 0 Å². The molecule has 1 aliphatic heterocycles. The maximum Gasteiger partial charge on any atom is 0.220 e. The molecule has 1 unspecified atom stereocenters. The molecule has 88 valence electrons. The number of hydrogen-bond acceptors (Lipinski definition) is 2. The predicted molar refractivity (Wildman–Crippen MR) is 71.3 cm³/mol. The highest BCUT2D eigenvalue weighted by molar-refractivity contribution is 9.25. The van der Waals surface area contributed by atoms with Gasteiger partial charge in [-0.3, -0.25) is 0 Å². The summed E-state index contributed by atoms with van der Waals surface area (Å²) in [5.74, 6) is -0.808. The first kappa shape index (κ1) is 12.8. The number of halogens is 3. The molecule has 1 atom stereocenters. The Morgan fingerprint density at radius 3 is 2.38 bits per heavy atom. The van der Waals surface area contributed by atoms with Crippen LogP contribution in [0.3, 0.4) is 0 Å². The van der Waals surface area contributed by atoms with Crippen LogP contribution in [0.4, 0.5) is 0 Å². The van der Waals surface area contributed by atoms with E-state index in [0.29, 0.717) is 11.6 Å². The highest BCUT2D eigenvalue weighted by Crippen LogP contribution is 2.54. The first-order valence-electron chi connectivity index (χ1n) is 4.85. The van der Waals surface area contributed by atoms with Crippen LogP contribution >= 0.6 is 43.5 Å². The topological polar surface area (TPSA) is 18.5 Å². The van der Waals surface area contributed by atoms with Crippen LogP contribution in [0.25, 0.3) is 0 Å². The fraction of sp³-hybridized carbons (Fsp3) is 0.455. The second kappa shape index (κ2) is 4.58. The zero-order valence-corrected chi connectivity index (χ0v) is 12.6. The van der Waals surface area contributed by atoms with E-state index in [-0.39, 0.29) is 0 Å². The van der Waals surface area contributed by atoms with Gasteiger partial charge in [0.25, 0.3) is 0 Å². The van der Waals surface area contributed by atoms with Gasteiger partial charge in [0.05, 0.1) is 6.61 Å². The van der Waals surface area contributed by atoms with Crippen molar-refractivity contribution in [1.82, 2.24) is 0 Å². The van der Waals surface area contributed by atoms with E-state index in [1.807, 2.05) is 24.3 Å². The first-order valence-corrected chi connectivity index (χ1v) is 6.81. The third-order valence-corrected chi connectivity index (χ3v) is 4.80. The van der Waals surface area contributed by atoms with E-state index >= 15 is 0 Å². The number of hydrogen-bond donors (Lipinski definition) is 0. The van der Waals surface area contributed by atoms with Crippen LogP contribution in [0, 0.1) is 0 Å². The SMILES string of the molecule is COC1(c2ccc(Cl)cc2)OCCC1(Br)Br. The molecule has 0 saturated carbocycles. The van der Waals surface area contributed by atoms with Crippen LogP contribution in [-0.2, 0) is 15.3 Å². The molecule has 1 fully saturated rings. The van der Waals surface area contributed by atoms with Crippen LogP contribution in [0.1, 0.15) is 12.0 Å². The molecule has 1 saturated heterocycles. The average Bonchev–Trinajstić information content (AvgIpc) is 2.55. The molecule has 0 aromatic heterocycles. The van der Waals surface area contributed by atoms with Gasteiger partial charge in [0.2, 0.25) is 5.79 Å². The van der Waals surface area contributed by atoms with E-state index in [9.17, 15) is 0 Å². The lowest BCUT2D eigenvalue weighted by Gasteiger charge is -2.35. The van der Waals surface area contributed by atoms with Crippen molar-refractivity contribution in [3.63, 3.8) is 0 Å². The molecule has 0 radical (unpaired) electrons. The molecule has 16 heavy (non-hydrogen) atoms. The smallest absolute Gasteiger partial charge is 0.220 e. The Balaban J connectivity index is 2.46. The zero-order valence-electron chi connectivity index (χ0n) is 8.67. The molecule has 1 aliphatic rings. The van der Waals surface area contributed by atoms with E-state index in [1.165, 1.54) is 0 Å². The quantitative estimate of drug-likeness (QED) is 0.732. The van der Waals surface area contributed by atoms with Crippen molar-refractivity contribution >= 4 is 43.5 Å². The normalized spacial score (nSPS) is 28.2. The van der Waals surface area contributed by atoms with Crippen molar-refractivity contribution in [2.45, 2.75) is 15.4 Å². The van der Waals surface area contributed by atoms with E-state index in [0.717, 1.165) is 12.0 Å². The minimum absolute atomic E-state index is 0.407. The Morgan fingerprint density at radius 1 is 1.31 bits per heavy atom. The molecule has 0 amide bonds. The summed E-state index contributed by atoms with van der Waals surface area (Å²) in [5.41, 5.74) is 0.936. The van der Waals surface area contributed by atoms with Gasteiger partial charge in [-0.1, -0.05) is 55.6 Å². The van der Waals surface area contributed by atoms with E-state index in [2.05, 4.69) is 31.9 Å². The fourth-order valence-corrected chi connectivity index (χ4v) is 3.34. The zero-order chi connectivity index (χ0) is 11.8. The van der Waals surface area contributed by atoms with Gasteiger partial charge in [-0.15, -0.1) is 0 Å². The van der Waals surface area contributed by atoms with Gasteiger partial charge in [0, 0.05) is 24.1 Å². The molecule has 1 aromatic carbocycles. The standard InChI is InChI=1S/C11H11Br2ClO2/c1-15-11(10(12,13)6-7-16-11)8-2-4-9(14)5-3-8/h2-5H,6-7H2,1H3. The third kappa shape index (κ3) is 1.95. The summed E-state index contributed by atoms with van der Waals surface area (Å²) in [6.07, 6.45) is 0.823. The molecule has 0 bridgehead atoms. The van der Waals surface area contributed by atoms with Crippen molar-refractivity contribution in [3.8, 4) is 0 Å². The van der Waals surface area contributed by atoms with Gasteiger partial charge in [-0.05, 0) is 12.1 Å². The summed E-state index contributed by atoms with van der Waals surface area (Å²) in [6.45, 7) is 0.632. The lowest BCUT2D eigenvalue weighted by Crippen LogP contribution is -2.41. The van der Waals surface area contributed by atoms with Gasteiger partial charge in [0.1, 0.15) is 3.23 Å². The minimum atomic E-state index is -0.808. The van der Waals surface area contributed by atoms with E-state index in [4.69, 9.17) is 21.1 Å². The minimum Gasteiger partial charge on any atom is -0.347 e.